The van der Waals surface area contributed by atoms with Gasteiger partial charge in [0, 0.05) is 12.1 Å². The van der Waals surface area contributed by atoms with Gasteiger partial charge in [0.25, 0.3) is 0 Å². The van der Waals surface area contributed by atoms with Crippen LogP contribution in [0.3, 0.4) is 0 Å². The first-order chi connectivity index (χ1) is 7.95. The van der Waals surface area contributed by atoms with Crippen LogP contribution in [0.1, 0.15) is 27.7 Å². The van der Waals surface area contributed by atoms with Crippen molar-refractivity contribution in [3.63, 3.8) is 0 Å². The standard InChI is InChI=1S/C6H15N.C3H8NO6P/c1-5(2)7-6(3)4;4-2(3(5)6)1-10-11(7,8)9/h5-7H,1-4H3;2H,1,4H2,(H,5,6)(H2,7,8,9)/t;2-/m.0/s1. The molecule has 0 bridgehead atoms. The highest BCUT2D eigenvalue weighted by atomic mass is 31.2. The van der Waals surface area contributed by atoms with Crippen molar-refractivity contribution in [2.45, 2.75) is 45.8 Å². The minimum atomic E-state index is -4.60. The lowest BCUT2D eigenvalue weighted by Gasteiger charge is -2.10. The van der Waals surface area contributed by atoms with Gasteiger partial charge in [-0.25, -0.2) is 4.57 Å². The maximum Gasteiger partial charge on any atom is 0.469 e. The lowest BCUT2D eigenvalue weighted by Crippen LogP contribution is -2.34. The van der Waals surface area contributed by atoms with Crippen LogP contribution in [0.2, 0.25) is 0 Å². The molecule has 0 radical (unpaired) electrons. The van der Waals surface area contributed by atoms with Gasteiger partial charge in [-0.05, 0) is 0 Å². The second kappa shape index (κ2) is 9.43. The first-order valence-electron chi connectivity index (χ1n) is 5.40. The van der Waals surface area contributed by atoms with Gasteiger partial charge in [-0.15, -0.1) is 0 Å². The molecule has 0 unspecified atom stereocenters. The summed E-state index contributed by atoms with van der Waals surface area (Å²) in [5, 5.41) is 11.4. The molecule has 0 aromatic carbocycles. The number of rotatable bonds is 6. The summed E-state index contributed by atoms with van der Waals surface area (Å²) >= 11 is 0. The molecular formula is C9H23N2O6P. The quantitative estimate of drug-likeness (QED) is 0.426. The van der Waals surface area contributed by atoms with E-state index in [-0.39, 0.29) is 0 Å². The van der Waals surface area contributed by atoms with Gasteiger partial charge in [-0.2, -0.15) is 0 Å². The lowest BCUT2D eigenvalue weighted by molar-refractivity contribution is -0.139. The lowest BCUT2D eigenvalue weighted by atomic mass is 10.3. The van der Waals surface area contributed by atoms with Gasteiger partial charge in [0.1, 0.15) is 6.04 Å². The molecule has 0 heterocycles. The van der Waals surface area contributed by atoms with Gasteiger partial charge in [0.2, 0.25) is 0 Å². The molecule has 0 aliphatic heterocycles. The molecule has 9 heteroatoms. The Bertz CT molecular complexity index is 272. The molecule has 0 saturated carbocycles. The molecule has 0 fully saturated rings. The number of phosphoric acid groups is 1. The third-order valence-corrected chi connectivity index (χ3v) is 1.89. The molecule has 0 aliphatic rings. The van der Waals surface area contributed by atoms with Crippen molar-refractivity contribution in [2.75, 3.05) is 6.61 Å². The highest BCUT2D eigenvalue weighted by Gasteiger charge is 2.19. The van der Waals surface area contributed by atoms with Gasteiger partial charge in [0.15, 0.2) is 0 Å². The molecule has 6 N–H and O–H groups in total. The number of carbonyl (C=O) groups is 1. The minimum absolute atomic E-state index is 0.625. The predicted octanol–water partition coefficient (Wildman–Crippen LogP) is -0.0996. The van der Waals surface area contributed by atoms with Crippen molar-refractivity contribution >= 4 is 13.8 Å². The SMILES string of the molecule is CC(C)NC(C)C.N[C@@H](COP(=O)(O)O)C(=O)O. The smallest absolute Gasteiger partial charge is 0.469 e. The summed E-state index contributed by atoms with van der Waals surface area (Å²) in [6.45, 7) is 7.90. The van der Waals surface area contributed by atoms with Crippen LogP contribution in [0.25, 0.3) is 0 Å². The molecule has 1 atom stereocenters. The normalized spacial score (nSPS) is 13.2. The molecule has 0 aliphatic carbocycles. The highest BCUT2D eigenvalue weighted by Crippen LogP contribution is 2.35. The number of phosphoric ester groups is 1. The van der Waals surface area contributed by atoms with Crippen molar-refractivity contribution in [1.82, 2.24) is 5.32 Å². The maximum absolute atomic E-state index is 9.98. The largest absolute Gasteiger partial charge is 0.480 e. The average Bonchev–Trinajstić information content (AvgIpc) is 2.11. The number of aliphatic carboxylic acids is 1. The topological polar surface area (TPSA) is 142 Å². The third kappa shape index (κ3) is 17.9. The Kier molecular flexibility index (Phi) is 10.4. The van der Waals surface area contributed by atoms with E-state index < -0.39 is 26.4 Å². The van der Waals surface area contributed by atoms with Crippen molar-refractivity contribution in [2.24, 2.45) is 5.73 Å². The van der Waals surface area contributed by atoms with Crippen LogP contribution in [0, 0.1) is 0 Å². The molecule has 8 nitrogen and oxygen atoms in total. The van der Waals surface area contributed by atoms with E-state index in [1.165, 1.54) is 0 Å². The van der Waals surface area contributed by atoms with Crippen LogP contribution in [0.5, 0.6) is 0 Å². The van der Waals surface area contributed by atoms with Crippen LogP contribution < -0.4 is 11.1 Å². The van der Waals surface area contributed by atoms with E-state index in [2.05, 4.69) is 37.5 Å². The second-order valence-electron chi connectivity index (χ2n) is 4.21. The van der Waals surface area contributed by atoms with Crippen LogP contribution >= 0.6 is 7.82 Å². The van der Waals surface area contributed by atoms with Gasteiger partial charge in [-0.3, -0.25) is 9.32 Å². The van der Waals surface area contributed by atoms with E-state index in [0.717, 1.165) is 0 Å². The molecule has 0 spiro atoms. The fourth-order valence-electron chi connectivity index (χ4n) is 0.915. The first-order valence-corrected chi connectivity index (χ1v) is 6.93. The molecule has 0 saturated heterocycles. The summed E-state index contributed by atoms with van der Waals surface area (Å²) in [6, 6.07) is -0.164. The Hall–Kier alpha value is -0.500. The Morgan fingerprint density at radius 2 is 1.67 bits per heavy atom. The number of carboxylic acids is 1. The number of nitrogens with one attached hydrogen (secondary N) is 1. The van der Waals surface area contributed by atoms with Gasteiger partial charge in [0.05, 0.1) is 6.61 Å². The van der Waals surface area contributed by atoms with E-state index in [0.29, 0.717) is 12.1 Å². The van der Waals surface area contributed by atoms with Crippen LogP contribution in [0.15, 0.2) is 0 Å². The number of nitrogens with two attached hydrogens (primary N) is 1. The van der Waals surface area contributed by atoms with E-state index in [1.54, 1.807) is 0 Å². The molecule has 0 rings (SSSR count). The highest BCUT2D eigenvalue weighted by molar-refractivity contribution is 7.46. The Morgan fingerprint density at radius 1 is 1.28 bits per heavy atom. The molecule has 0 amide bonds. The summed E-state index contributed by atoms with van der Waals surface area (Å²) in [4.78, 5) is 26.1. The Morgan fingerprint density at radius 3 is 1.83 bits per heavy atom. The monoisotopic (exact) mass is 286 g/mol. The Balaban J connectivity index is 0. The van der Waals surface area contributed by atoms with Crippen LogP contribution in [-0.4, -0.2) is 45.6 Å². The predicted molar refractivity (Wildman–Crippen MR) is 67.0 cm³/mol. The molecular weight excluding hydrogens is 263 g/mol. The zero-order chi connectivity index (χ0) is 14.9. The number of hydrogen-bond donors (Lipinski definition) is 5. The van der Waals surface area contributed by atoms with Crippen LogP contribution in [-0.2, 0) is 13.9 Å². The number of hydrogen-bond acceptors (Lipinski definition) is 5. The Labute approximate surface area is 107 Å². The van der Waals surface area contributed by atoms with Crippen molar-refractivity contribution in [3.8, 4) is 0 Å². The summed E-state index contributed by atoms with van der Waals surface area (Å²) in [7, 11) is -4.60. The van der Waals surface area contributed by atoms with Crippen molar-refractivity contribution in [1.29, 1.82) is 0 Å². The molecule has 0 aromatic heterocycles. The minimum Gasteiger partial charge on any atom is -0.480 e. The molecule has 0 aromatic rings. The zero-order valence-corrected chi connectivity index (χ0v) is 11.9. The van der Waals surface area contributed by atoms with Gasteiger partial charge in [-0.1, -0.05) is 27.7 Å². The fraction of sp³-hybridized carbons (Fsp3) is 0.889. The van der Waals surface area contributed by atoms with E-state index in [1.807, 2.05) is 0 Å². The summed E-state index contributed by atoms with van der Waals surface area (Å²) in [6.07, 6.45) is 0. The summed E-state index contributed by atoms with van der Waals surface area (Å²) in [5.41, 5.74) is 4.86. The maximum atomic E-state index is 9.98. The average molecular weight is 286 g/mol. The molecule has 110 valence electrons. The van der Waals surface area contributed by atoms with Crippen LogP contribution in [0.4, 0.5) is 0 Å². The summed E-state index contributed by atoms with van der Waals surface area (Å²) < 4.78 is 13.8. The zero-order valence-electron chi connectivity index (χ0n) is 11.0. The fourth-order valence-corrected chi connectivity index (χ4v) is 1.27. The molecule has 18 heavy (non-hydrogen) atoms. The van der Waals surface area contributed by atoms with Gasteiger partial charge < -0.3 is 25.9 Å². The van der Waals surface area contributed by atoms with Crippen molar-refractivity contribution in [3.05, 3.63) is 0 Å². The first kappa shape index (κ1) is 19.8. The van der Waals surface area contributed by atoms with Crippen molar-refractivity contribution < 1.29 is 28.8 Å². The summed E-state index contributed by atoms with van der Waals surface area (Å²) in [5.74, 6) is -1.38. The van der Waals surface area contributed by atoms with E-state index >= 15 is 0 Å². The van der Waals surface area contributed by atoms with E-state index in [9.17, 15) is 9.36 Å². The third-order valence-electron chi connectivity index (χ3n) is 1.41. The van der Waals surface area contributed by atoms with Gasteiger partial charge >= 0.3 is 13.8 Å². The van der Waals surface area contributed by atoms with E-state index in [4.69, 9.17) is 20.6 Å². The second-order valence-corrected chi connectivity index (χ2v) is 5.45. The number of carboxylic acid groups (broad SMARTS) is 1.